The molecule has 0 atom stereocenters. The maximum absolute atomic E-state index is 4.98. The molecule has 13 heavy (non-hydrogen) atoms. The first-order valence-electron chi connectivity index (χ1n) is 4.14. The van der Waals surface area contributed by atoms with E-state index in [1.807, 2.05) is 20.9 Å². The third-order valence-corrected chi connectivity index (χ3v) is 1.88. The number of nitrogens with zero attached hydrogens (tertiary/aromatic N) is 3. The Morgan fingerprint density at radius 2 is 2.15 bits per heavy atom. The number of aromatic nitrogens is 4. The first-order chi connectivity index (χ1) is 6.29. The molecule has 5 heteroatoms. The van der Waals surface area contributed by atoms with Crippen LogP contribution in [0.25, 0.3) is 11.0 Å². The van der Waals surface area contributed by atoms with E-state index in [-0.39, 0.29) is 0 Å². The Labute approximate surface area is 81.6 Å². The van der Waals surface area contributed by atoms with Crippen LogP contribution in [0.5, 0.6) is 0 Å². The lowest BCUT2D eigenvalue weighted by atomic mass is 10.4. The first-order valence-corrected chi connectivity index (χ1v) is 4.55. The van der Waals surface area contributed by atoms with Crippen molar-refractivity contribution in [2.45, 2.75) is 13.8 Å². The van der Waals surface area contributed by atoms with Crippen LogP contribution in [-0.2, 0) is 7.05 Å². The van der Waals surface area contributed by atoms with Gasteiger partial charge in [-0.25, -0.2) is 4.98 Å². The molecule has 0 aromatic carbocycles. The zero-order valence-electron chi connectivity index (χ0n) is 7.90. The minimum atomic E-state index is 0.590. The summed E-state index contributed by atoms with van der Waals surface area (Å²) >= 11 is 4.98. The van der Waals surface area contributed by atoms with Crippen LogP contribution in [0.2, 0.25) is 0 Å². The van der Waals surface area contributed by atoms with Gasteiger partial charge in [0, 0.05) is 7.05 Å². The topological polar surface area (TPSA) is 46.5 Å². The SMILES string of the molecule is CC.Cn1ncc2c(=S)nc[nH]c21. The van der Waals surface area contributed by atoms with Crippen LogP contribution in [0.1, 0.15) is 13.8 Å². The first kappa shape index (κ1) is 9.85. The molecular formula is C8H12N4S. The van der Waals surface area contributed by atoms with Gasteiger partial charge in [0.2, 0.25) is 0 Å². The quantitative estimate of drug-likeness (QED) is 0.656. The van der Waals surface area contributed by atoms with Crippen LogP contribution < -0.4 is 0 Å². The molecule has 0 radical (unpaired) electrons. The van der Waals surface area contributed by atoms with Gasteiger partial charge in [-0.1, -0.05) is 26.1 Å². The van der Waals surface area contributed by atoms with Gasteiger partial charge in [-0.3, -0.25) is 4.68 Å². The average Bonchev–Trinajstić information content (AvgIpc) is 2.53. The minimum absolute atomic E-state index is 0.590. The second kappa shape index (κ2) is 4.13. The lowest BCUT2D eigenvalue weighted by Crippen LogP contribution is -1.91. The number of aryl methyl sites for hydroxylation is 1. The van der Waals surface area contributed by atoms with E-state index in [9.17, 15) is 0 Å². The van der Waals surface area contributed by atoms with Crippen molar-refractivity contribution >= 4 is 23.3 Å². The van der Waals surface area contributed by atoms with Crippen LogP contribution in [0.4, 0.5) is 0 Å². The fourth-order valence-electron chi connectivity index (χ4n) is 0.987. The summed E-state index contributed by atoms with van der Waals surface area (Å²) in [5.74, 6) is 0. The summed E-state index contributed by atoms with van der Waals surface area (Å²) in [7, 11) is 1.85. The van der Waals surface area contributed by atoms with Gasteiger partial charge in [0.15, 0.2) is 0 Å². The molecule has 1 N–H and O–H groups in total. The van der Waals surface area contributed by atoms with E-state index in [1.165, 1.54) is 0 Å². The standard InChI is InChI=1S/C6H6N4S.C2H6/c1-10-5-4(2-9-10)6(11)8-3-7-5;1-2/h2-3H,1H3,(H,7,8,11);1-2H3. The third kappa shape index (κ3) is 1.75. The molecule has 2 rings (SSSR count). The van der Waals surface area contributed by atoms with Gasteiger partial charge < -0.3 is 4.98 Å². The van der Waals surface area contributed by atoms with Crippen LogP contribution in [0.3, 0.4) is 0 Å². The number of aromatic amines is 1. The lowest BCUT2D eigenvalue weighted by molar-refractivity contribution is 0.785. The van der Waals surface area contributed by atoms with Gasteiger partial charge in [-0.15, -0.1) is 0 Å². The van der Waals surface area contributed by atoms with Gasteiger partial charge in [0.1, 0.15) is 10.3 Å². The van der Waals surface area contributed by atoms with Crippen molar-refractivity contribution in [3.63, 3.8) is 0 Å². The number of hydrogen-bond donors (Lipinski definition) is 1. The molecule has 0 amide bonds. The number of fused-ring (bicyclic) bond motifs is 1. The van der Waals surface area contributed by atoms with Crippen LogP contribution in [0.15, 0.2) is 12.5 Å². The van der Waals surface area contributed by atoms with E-state index in [1.54, 1.807) is 17.2 Å². The molecule has 0 saturated heterocycles. The fraction of sp³-hybridized carbons (Fsp3) is 0.375. The van der Waals surface area contributed by atoms with Crippen molar-refractivity contribution in [1.82, 2.24) is 19.7 Å². The predicted molar refractivity (Wildman–Crippen MR) is 55.0 cm³/mol. The van der Waals surface area contributed by atoms with E-state index in [2.05, 4.69) is 15.1 Å². The highest BCUT2D eigenvalue weighted by atomic mass is 32.1. The molecule has 0 saturated carbocycles. The van der Waals surface area contributed by atoms with E-state index >= 15 is 0 Å². The summed E-state index contributed by atoms with van der Waals surface area (Å²) in [5, 5.41) is 4.93. The zero-order valence-corrected chi connectivity index (χ0v) is 8.72. The maximum Gasteiger partial charge on any atom is 0.140 e. The van der Waals surface area contributed by atoms with Crippen molar-refractivity contribution in [3.8, 4) is 0 Å². The molecule has 0 unspecified atom stereocenters. The number of rotatable bonds is 0. The Hall–Kier alpha value is -1.23. The van der Waals surface area contributed by atoms with Crippen molar-refractivity contribution in [3.05, 3.63) is 17.2 Å². The summed E-state index contributed by atoms with van der Waals surface area (Å²) in [6.07, 6.45) is 3.29. The number of nitrogens with one attached hydrogen (secondary N) is 1. The molecule has 0 aliphatic carbocycles. The molecule has 2 aromatic rings. The summed E-state index contributed by atoms with van der Waals surface area (Å²) in [6, 6.07) is 0. The molecule has 0 spiro atoms. The Morgan fingerprint density at radius 3 is 2.77 bits per heavy atom. The molecule has 0 fully saturated rings. The third-order valence-electron chi connectivity index (χ3n) is 1.55. The lowest BCUT2D eigenvalue weighted by Gasteiger charge is -1.91. The largest absolute Gasteiger partial charge is 0.331 e. The normalized spacial score (nSPS) is 9.46. The monoisotopic (exact) mass is 196 g/mol. The summed E-state index contributed by atoms with van der Waals surface area (Å²) in [6.45, 7) is 4.00. The fourth-order valence-corrected chi connectivity index (χ4v) is 1.19. The highest BCUT2D eigenvalue weighted by Gasteiger charge is 1.98. The van der Waals surface area contributed by atoms with Crippen LogP contribution >= 0.6 is 12.2 Å². The number of hydrogen-bond acceptors (Lipinski definition) is 3. The molecule has 2 aromatic heterocycles. The minimum Gasteiger partial charge on any atom is -0.331 e. The summed E-state index contributed by atoms with van der Waals surface area (Å²) in [4.78, 5) is 6.89. The summed E-state index contributed by atoms with van der Waals surface area (Å²) < 4.78 is 2.32. The van der Waals surface area contributed by atoms with E-state index in [0.717, 1.165) is 11.0 Å². The number of H-pyrrole nitrogens is 1. The van der Waals surface area contributed by atoms with Gasteiger partial charge in [-0.2, -0.15) is 5.10 Å². The molecule has 0 aliphatic rings. The highest BCUT2D eigenvalue weighted by molar-refractivity contribution is 7.71. The smallest absolute Gasteiger partial charge is 0.140 e. The highest BCUT2D eigenvalue weighted by Crippen LogP contribution is 2.07. The molecule has 2 heterocycles. The van der Waals surface area contributed by atoms with Crippen molar-refractivity contribution in [2.75, 3.05) is 0 Å². The average molecular weight is 196 g/mol. The molecule has 0 bridgehead atoms. The van der Waals surface area contributed by atoms with Gasteiger partial charge >= 0.3 is 0 Å². The van der Waals surface area contributed by atoms with Crippen molar-refractivity contribution in [1.29, 1.82) is 0 Å². The maximum atomic E-state index is 4.98. The molecule has 0 aliphatic heterocycles. The van der Waals surface area contributed by atoms with Gasteiger partial charge in [0.05, 0.1) is 17.9 Å². The Balaban J connectivity index is 0.000000396. The van der Waals surface area contributed by atoms with E-state index in [4.69, 9.17) is 12.2 Å². The van der Waals surface area contributed by atoms with Gasteiger partial charge in [-0.05, 0) is 0 Å². The summed E-state index contributed by atoms with van der Waals surface area (Å²) in [5.41, 5.74) is 0.907. The predicted octanol–water partition coefficient (Wildman–Crippen LogP) is 2.05. The van der Waals surface area contributed by atoms with Crippen LogP contribution in [-0.4, -0.2) is 19.7 Å². The van der Waals surface area contributed by atoms with Crippen molar-refractivity contribution < 1.29 is 0 Å². The van der Waals surface area contributed by atoms with Crippen LogP contribution in [0, 0.1) is 4.64 Å². The van der Waals surface area contributed by atoms with E-state index in [0.29, 0.717) is 4.64 Å². The Kier molecular flexibility index (Phi) is 3.13. The molecule has 4 nitrogen and oxygen atoms in total. The van der Waals surface area contributed by atoms with Gasteiger partial charge in [0.25, 0.3) is 0 Å². The Morgan fingerprint density at radius 1 is 1.46 bits per heavy atom. The van der Waals surface area contributed by atoms with E-state index < -0.39 is 0 Å². The van der Waals surface area contributed by atoms with Crippen molar-refractivity contribution in [2.24, 2.45) is 7.05 Å². The second-order valence-corrected chi connectivity index (χ2v) is 2.62. The zero-order chi connectivity index (χ0) is 9.84. The Bertz CT molecular complexity index is 443. The molecule has 70 valence electrons. The second-order valence-electron chi connectivity index (χ2n) is 2.24. The molecular weight excluding hydrogens is 184 g/mol.